The average molecular weight is 1900 g/mol. The van der Waals surface area contributed by atoms with E-state index >= 15 is 0 Å². The summed E-state index contributed by atoms with van der Waals surface area (Å²) in [6.45, 7) is 2.71. The van der Waals surface area contributed by atoms with Crippen LogP contribution < -0.4 is 21.3 Å². The molecule has 19 N–H and O–H groups in total. The molecule has 0 aromatic carbocycles. The Labute approximate surface area is 729 Å². The van der Waals surface area contributed by atoms with Gasteiger partial charge in [0.15, 0.2) is 26.7 Å². The maximum Gasteiger partial charge on any atom is 0.469 e. The van der Waals surface area contributed by atoms with Crippen LogP contribution in [0.25, 0.3) is 0 Å². The Bertz CT molecular complexity index is 2720. The number of phosphoric ester groups is 3. The second kappa shape index (κ2) is 70.4. The lowest BCUT2D eigenvalue weighted by atomic mass is 9.83. The van der Waals surface area contributed by atoms with Gasteiger partial charge in [-0.15, -0.1) is 0 Å². The third kappa shape index (κ3) is 58.7. The molecule has 0 bridgehead atoms. The van der Waals surface area contributed by atoms with Gasteiger partial charge < -0.3 is 206 Å². The van der Waals surface area contributed by atoms with Gasteiger partial charge in [-0.25, -0.2) is 13.7 Å². The van der Waals surface area contributed by atoms with Crippen LogP contribution in [0.4, 0.5) is 0 Å². The number of nitrogens with one attached hydrogen (secondary N) is 4. The van der Waals surface area contributed by atoms with Crippen LogP contribution in [0.1, 0.15) is 51.4 Å². The Kier molecular flexibility index (Phi) is 65.3. The minimum Gasteiger partial charge on any atom is -0.387 e. The molecule has 0 saturated carbocycles. The molecule has 0 aromatic rings. The molecule has 0 aliphatic carbocycles. The number of carbonyl (C=O) groups is 5. The summed E-state index contributed by atoms with van der Waals surface area (Å²) < 4.78 is 167. The minimum atomic E-state index is -4.92. The van der Waals surface area contributed by atoms with E-state index in [9.17, 15) is 83.6 Å². The molecule has 56 heteroatoms. The molecule has 3 aliphatic heterocycles. The van der Waals surface area contributed by atoms with Crippen molar-refractivity contribution in [2.24, 2.45) is 0 Å². The molecule has 3 heterocycles. The van der Waals surface area contributed by atoms with E-state index in [1.807, 2.05) is 0 Å². The first kappa shape index (κ1) is 117. The fraction of sp³-hybridized carbons (Fsp3) is 0.929. The number of aliphatic hydroxyl groups is 9. The van der Waals surface area contributed by atoms with Gasteiger partial charge in [0.25, 0.3) is 0 Å². The van der Waals surface area contributed by atoms with E-state index in [0.29, 0.717) is 26.2 Å². The van der Waals surface area contributed by atoms with Crippen LogP contribution in [-0.2, 0) is 155 Å². The predicted molar refractivity (Wildman–Crippen MR) is 425 cm³/mol. The van der Waals surface area contributed by atoms with Gasteiger partial charge in [-0.2, -0.15) is 0 Å². The second-order valence-corrected chi connectivity index (χ2v) is 31.6. The standard InChI is InChI=1S/C70H134BN4O48P3/c71-53(76)4-12-99-17-22-104-27-28-105-23-18-100-13-5-57(80)75-70(6-1-54(77)72-9-14-101-19-24-106-29-32-109-35-38-112-41-44-115-67-64(87)61(84)58(81)50(121-67)47-118-124(90,91)92,7-2-55(78)73-10-15-102-20-25-107-30-33-110-36-39-113-42-45-116-68-65(88)62(85)59(82)51(122-68)48-119-125(93,94)95)8-3-56(79)74-11-16-103-21-26-108-31-34-111-37-40-114-43-46-117-69-66(89)63(86)60(83)52(123-69)49-120-126(96,97)98/h50-52,58-69,81-89H,1-49,71H2,(H,72,77)(H,73,78)(H,74,79)(H,75,80)(H2,90,91,92)(H2,93,94,95)(H2,96,97,98). The molecule has 3 aliphatic rings. The fourth-order valence-electron chi connectivity index (χ4n) is 11.2. The Morgan fingerprint density at radius 2 is 0.476 bits per heavy atom. The number of rotatable bonds is 82. The highest BCUT2D eigenvalue weighted by Gasteiger charge is 2.48. The molecular formula is C70H134BN4O48P3. The first-order valence-corrected chi connectivity index (χ1v) is 45.7. The molecule has 52 nitrogen and oxygen atoms in total. The Morgan fingerprint density at radius 1 is 0.270 bits per heavy atom. The van der Waals surface area contributed by atoms with Gasteiger partial charge in [-0.1, -0.05) is 0 Å². The number of ether oxygens (including phenoxy) is 22. The molecule has 3 fully saturated rings. The minimum absolute atomic E-state index is 0.00306. The van der Waals surface area contributed by atoms with Crippen LogP contribution in [0.5, 0.6) is 0 Å². The highest BCUT2D eigenvalue weighted by molar-refractivity contribution is 7.46. The average Bonchev–Trinajstić information content (AvgIpc) is 0.824. The van der Waals surface area contributed by atoms with Gasteiger partial charge in [-0.3, -0.25) is 32.7 Å². The summed E-state index contributed by atoms with van der Waals surface area (Å²) in [5, 5.41) is 103. The van der Waals surface area contributed by atoms with Crippen molar-refractivity contribution < 1.29 is 231 Å². The van der Waals surface area contributed by atoms with Gasteiger partial charge in [0.2, 0.25) is 23.6 Å². The Hall–Kier alpha value is -3.30. The van der Waals surface area contributed by atoms with Crippen molar-refractivity contribution in [1.29, 1.82) is 0 Å². The third-order valence-electron chi connectivity index (χ3n) is 17.9. The Morgan fingerprint density at radius 3 is 0.698 bits per heavy atom. The van der Waals surface area contributed by atoms with E-state index in [0.717, 1.165) is 0 Å². The van der Waals surface area contributed by atoms with E-state index in [1.165, 1.54) is 7.85 Å². The van der Waals surface area contributed by atoms with Crippen molar-refractivity contribution in [1.82, 2.24) is 21.3 Å². The van der Waals surface area contributed by atoms with Crippen molar-refractivity contribution >= 4 is 60.6 Å². The molecule has 740 valence electrons. The molecule has 15 atom stereocenters. The van der Waals surface area contributed by atoms with Gasteiger partial charge in [0.05, 0.1) is 257 Å². The summed E-state index contributed by atoms with van der Waals surface area (Å²) in [6, 6.07) is 0. The number of aliphatic hydroxyl groups excluding tert-OH is 9. The molecule has 15 unspecified atom stereocenters. The van der Waals surface area contributed by atoms with Crippen LogP contribution in [-0.4, -0.2) is 481 Å². The van der Waals surface area contributed by atoms with E-state index in [-0.39, 0.29) is 282 Å². The van der Waals surface area contributed by atoms with Gasteiger partial charge in [0.1, 0.15) is 73.2 Å². The lowest BCUT2D eigenvalue weighted by Crippen LogP contribution is -2.59. The zero-order chi connectivity index (χ0) is 92.7. The first-order chi connectivity index (χ1) is 60.2. The number of hydrogen-bond acceptors (Lipinski definition) is 42. The topological polar surface area (TPSA) is 719 Å². The predicted octanol–water partition coefficient (Wildman–Crippen LogP) is -9.46. The number of carbonyl (C=O) groups excluding carboxylic acids is 5. The molecule has 3 rings (SSSR count). The largest absolute Gasteiger partial charge is 0.469 e. The summed E-state index contributed by atoms with van der Waals surface area (Å²) in [4.78, 5) is 119. The lowest BCUT2D eigenvalue weighted by Gasteiger charge is -2.40. The third-order valence-corrected chi connectivity index (χ3v) is 19.4. The highest BCUT2D eigenvalue weighted by Crippen LogP contribution is 2.39. The van der Waals surface area contributed by atoms with Gasteiger partial charge >= 0.3 is 23.5 Å². The smallest absolute Gasteiger partial charge is 0.387 e. The monoisotopic (exact) mass is 1900 g/mol. The number of amides is 4. The molecule has 3 saturated heterocycles. The summed E-state index contributed by atoms with van der Waals surface area (Å²) in [6.07, 6.45) is -24.4. The van der Waals surface area contributed by atoms with E-state index in [1.54, 1.807) is 0 Å². The summed E-state index contributed by atoms with van der Waals surface area (Å²) in [5.74, 6) is -1.76. The van der Waals surface area contributed by atoms with E-state index in [4.69, 9.17) is 134 Å². The van der Waals surface area contributed by atoms with Crippen molar-refractivity contribution in [3.8, 4) is 0 Å². The molecule has 4 amide bonds. The van der Waals surface area contributed by atoms with E-state index < -0.39 is 165 Å². The maximum absolute atomic E-state index is 13.9. The molecule has 0 spiro atoms. The van der Waals surface area contributed by atoms with Crippen LogP contribution in [0.3, 0.4) is 0 Å². The summed E-state index contributed by atoms with van der Waals surface area (Å²) in [7, 11) is -13.3. The molecule has 0 radical (unpaired) electrons. The summed E-state index contributed by atoms with van der Waals surface area (Å²) in [5.41, 5.74) is -1.29. The van der Waals surface area contributed by atoms with E-state index in [2.05, 4.69) is 34.8 Å². The van der Waals surface area contributed by atoms with Crippen LogP contribution >= 0.6 is 23.5 Å². The van der Waals surface area contributed by atoms with Crippen LogP contribution in [0.15, 0.2) is 0 Å². The van der Waals surface area contributed by atoms with Crippen molar-refractivity contribution in [3.05, 3.63) is 0 Å². The van der Waals surface area contributed by atoms with Crippen LogP contribution in [0, 0.1) is 0 Å². The number of phosphoric acid groups is 3. The normalized spacial score (nSPS) is 23.6. The lowest BCUT2D eigenvalue weighted by molar-refractivity contribution is -0.301. The maximum atomic E-state index is 13.9. The Balaban J connectivity index is 1.48. The van der Waals surface area contributed by atoms with Crippen molar-refractivity contribution in [2.45, 2.75) is 149 Å². The summed E-state index contributed by atoms with van der Waals surface area (Å²) >= 11 is 0. The molecular weight excluding hydrogens is 1770 g/mol. The fourth-order valence-corrected chi connectivity index (χ4v) is 12.2. The van der Waals surface area contributed by atoms with Gasteiger partial charge in [-0.05, 0) is 19.3 Å². The first-order valence-electron chi connectivity index (χ1n) is 41.1. The molecule has 0 aromatic heterocycles. The molecule has 126 heavy (non-hydrogen) atoms. The zero-order valence-electron chi connectivity index (χ0n) is 70.8. The highest BCUT2D eigenvalue weighted by atomic mass is 31.2. The van der Waals surface area contributed by atoms with Crippen molar-refractivity contribution in [3.63, 3.8) is 0 Å². The van der Waals surface area contributed by atoms with Crippen LogP contribution in [0.2, 0.25) is 0 Å². The second-order valence-electron chi connectivity index (χ2n) is 27.9. The quantitative estimate of drug-likeness (QED) is 0.0153. The van der Waals surface area contributed by atoms with Gasteiger partial charge in [0, 0.05) is 57.3 Å². The zero-order valence-corrected chi connectivity index (χ0v) is 73.5. The SMILES string of the molecule is BC(=O)CCOCCOCCOCCOCCC(=O)NC(CCC(=O)NCCOCCOCCOCCOCCOC1OC(COP(=O)(O)O)C(O)C(O)C1O)(CCC(=O)NCCOCCOCCOCCOCCOC1OC(COP(=O)(O)O)C(O)C(O)C1O)CCC(=O)NCCOCCOCCOCCOCCOC1OC(COP(=O)(O)O)C(O)C(O)C1O. The van der Waals surface area contributed by atoms with Crippen molar-refractivity contribution in [2.75, 3.05) is 271 Å². The number of hydrogen-bond donors (Lipinski definition) is 19.